The van der Waals surface area contributed by atoms with Crippen LogP contribution in [0.5, 0.6) is 0 Å². The van der Waals surface area contributed by atoms with Gasteiger partial charge < -0.3 is 9.47 Å². The molecule has 0 heterocycles. The zero-order chi connectivity index (χ0) is 19.1. The summed E-state index contributed by atoms with van der Waals surface area (Å²) in [5.74, 6) is 0. The van der Waals surface area contributed by atoms with Crippen LogP contribution in [0, 0.1) is 0 Å². The highest BCUT2D eigenvalue weighted by Gasteiger charge is 2.03. The van der Waals surface area contributed by atoms with E-state index in [9.17, 15) is 4.79 Å². The lowest BCUT2D eigenvalue weighted by atomic mass is 10.0. The molecule has 0 atom stereocenters. The molecule has 3 heteroatoms. The van der Waals surface area contributed by atoms with Crippen molar-refractivity contribution in [2.45, 2.75) is 129 Å². The molecule has 0 unspecified atom stereocenters. The Morgan fingerprint density at radius 1 is 0.462 bits per heavy atom. The molecule has 0 saturated heterocycles. The molecule has 0 rings (SSSR count). The maximum absolute atomic E-state index is 11.4. The number of unbranched alkanes of at least 4 members (excludes halogenated alkanes) is 16. The van der Waals surface area contributed by atoms with Crippen LogP contribution in [0.2, 0.25) is 0 Å². The number of rotatable bonds is 20. The molecule has 0 saturated carbocycles. The quantitative estimate of drug-likeness (QED) is 0.160. The standard InChI is InChI=1S/C23H46O3/c1-3-5-7-9-10-11-12-13-14-15-16-18-20-22-26-23(24)25-21-19-17-8-6-4-2/h3-22H2,1-2H3. The monoisotopic (exact) mass is 370 g/mol. The van der Waals surface area contributed by atoms with Crippen LogP contribution in [0.25, 0.3) is 0 Å². The van der Waals surface area contributed by atoms with E-state index in [1.54, 1.807) is 0 Å². The molecule has 0 amide bonds. The van der Waals surface area contributed by atoms with Crippen molar-refractivity contribution in [2.75, 3.05) is 13.2 Å². The number of ether oxygens (including phenoxy) is 2. The molecule has 3 nitrogen and oxygen atoms in total. The Morgan fingerprint density at radius 2 is 0.731 bits per heavy atom. The lowest BCUT2D eigenvalue weighted by Crippen LogP contribution is -2.09. The van der Waals surface area contributed by atoms with Gasteiger partial charge in [-0.25, -0.2) is 4.79 Å². The van der Waals surface area contributed by atoms with E-state index >= 15 is 0 Å². The largest absolute Gasteiger partial charge is 0.508 e. The van der Waals surface area contributed by atoms with Crippen molar-refractivity contribution in [2.24, 2.45) is 0 Å². The smallest absolute Gasteiger partial charge is 0.434 e. The van der Waals surface area contributed by atoms with Gasteiger partial charge in [0.05, 0.1) is 13.2 Å². The third kappa shape index (κ3) is 21.3. The van der Waals surface area contributed by atoms with Crippen LogP contribution in [0.15, 0.2) is 0 Å². The molecule has 0 fully saturated rings. The van der Waals surface area contributed by atoms with Crippen molar-refractivity contribution in [1.82, 2.24) is 0 Å². The first-order valence-electron chi connectivity index (χ1n) is 11.6. The molecule has 0 radical (unpaired) electrons. The van der Waals surface area contributed by atoms with Crippen molar-refractivity contribution in [3.63, 3.8) is 0 Å². The first-order valence-corrected chi connectivity index (χ1v) is 11.6. The third-order valence-corrected chi connectivity index (χ3v) is 4.94. The molecule has 0 aliphatic heterocycles. The lowest BCUT2D eigenvalue weighted by molar-refractivity contribution is 0.0529. The molecular formula is C23H46O3. The van der Waals surface area contributed by atoms with E-state index in [1.165, 1.54) is 89.9 Å². The molecule has 0 aromatic rings. The Kier molecular flexibility index (Phi) is 21.7. The SMILES string of the molecule is CCCCCCCCCCCCCCCOC(=O)OCCCCCCC. The summed E-state index contributed by atoms with van der Waals surface area (Å²) >= 11 is 0. The van der Waals surface area contributed by atoms with Gasteiger partial charge in [0.2, 0.25) is 0 Å². The van der Waals surface area contributed by atoms with Gasteiger partial charge in [0.15, 0.2) is 0 Å². The van der Waals surface area contributed by atoms with Gasteiger partial charge in [-0.2, -0.15) is 0 Å². The fourth-order valence-electron chi connectivity index (χ4n) is 3.18. The maximum atomic E-state index is 11.4. The second kappa shape index (κ2) is 22.3. The molecular weight excluding hydrogens is 324 g/mol. The molecule has 0 bridgehead atoms. The van der Waals surface area contributed by atoms with Crippen LogP contribution < -0.4 is 0 Å². The van der Waals surface area contributed by atoms with E-state index in [1.807, 2.05) is 0 Å². The minimum atomic E-state index is -0.487. The van der Waals surface area contributed by atoms with E-state index in [2.05, 4.69) is 13.8 Å². The van der Waals surface area contributed by atoms with Crippen LogP contribution in [0.3, 0.4) is 0 Å². The van der Waals surface area contributed by atoms with Gasteiger partial charge in [-0.3, -0.25) is 0 Å². The molecule has 26 heavy (non-hydrogen) atoms. The normalized spacial score (nSPS) is 10.8. The fraction of sp³-hybridized carbons (Fsp3) is 0.957. The van der Waals surface area contributed by atoms with Gasteiger partial charge in [0.25, 0.3) is 0 Å². The summed E-state index contributed by atoms with van der Waals surface area (Å²) in [6.45, 7) is 5.48. The summed E-state index contributed by atoms with van der Waals surface area (Å²) in [6, 6.07) is 0. The Labute approximate surface area is 163 Å². The Bertz CT molecular complexity index is 279. The maximum Gasteiger partial charge on any atom is 0.508 e. The van der Waals surface area contributed by atoms with Gasteiger partial charge in [-0.05, 0) is 12.8 Å². The van der Waals surface area contributed by atoms with E-state index in [4.69, 9.17) is 9.47 Å². The molecule has 0 aromatic carbocycles. The van der Waals surface area contributed by atoms with Crippen molar-refractivity contribution in [1.29, 1.82) is 0 Å². The zero-order valence-electron chi connectivity index (χ0n) is 17.9. The van der Waals surface area contributed by atoms with Crippen molar-refractivity contribution in [3.05, 3.63) is 0 Å². The van der Waals surface area contributed by atoms with E-state index in [0.29, 0.717) is 13.2 Å². The van der Waals surface area contributed by atoms with E-state index < -0.39 is 6.16 Å². The number of carbonyl (C=O) groups is 1. The second-order valence-corrected chi connectivity index (χ2v) is 7.60. The third-order valence-electron chi connectivity index (χ3n) is 4.94. The lowest BCUT2D eigenvalue weighted by Gasteiger charge is -2.06. The van der Waals surface area contributed by atoms with Gasteiger partial charge in [0.1, 0.15) is 0 Å². The Balaban J connectivity index is 3.11. The van der Waals surface area contributed by atoms with Gasteiger partial charge in [-0.1, -0.05) is 117 Å². The highest BCUT2D eigenvalue weighted by atomic mass is 16.7. The molecule has 156 valence electrons. The second-order valence-electron chi connectivity index (χ2n) is 7.60. The number of carbonyl (C=O) groups excluding carboxylic acids is 1. The van der Waals surface area contributed by atoms with Crippen molar-refractivity contribution in [3.8, 4) is 0 Å². The summed E-state index contributed by atoms with van der Waals surface area (Å²) in [5, 5.41) is 0. The fourth-order valence-corrected chi connectivity index (χ4v) is 3.18. The highest BCUT2D eigenvalue weighted by molar-refractivity contribution is 5.59. The average molecular weight is 371 g/mol. The van der Waals surface area contributed by atoms with E-state index in [-0.39, 0.29) is 0 Å². The van der Waals surface area contributed by atoms with Crippen LogP contribution in [-0.2, 0) is 9.47 Å². The number of hydrogen-bond donors (Lipinski definition) is 0. The highest BCUT2D eigenvalue weighted by Crippen LogP contribution is 2.12. The summed E-state index contributed by atoms with van der Waals surface area (Å²) in [4.78, 5) is 11.4. The van der Waals surface area contributed by atoms with Gasteiger partial charge >= 0.3 is 6.16 Å². The first kappa shape index (κ1) is 25.3. The van der Waals surface area contributed by atoms with Crippen molar-refractivity contribution < 1.29 is 14.3 Å². The average Bonchev–Trinajstić information content (AvgIpc) is 2.65. The van der Waals surface area contributed by atoms with Crippen LogP contribution in [-0.4, -0.2) is 19.4 Å². The topological polar surface area (TPSA) is 35.5 Å². The predicted molar refractivity (Wildman–Crippen MR) is 112 cm³/mol. The number of hydrogen-bond acceptors (Lipinski definition) is 3. The van der Waals surface area contributed by atoms with Gasteiger partial charge in [-0.15, -0.1) is 0 Å². The zero-order valence-corrected chi connectivity index (χ0v) is 17.9. The van der Waals surface area contributed by atoms with Gasteiger partial charge in [0, 0.05) is 0 Å². The van der Waals surface area contributed by atoms with Crippen LogP contribution in [0.1, 0.15) is 129 Å². The van der Waals surface area contributed by atoms with Crippen molar-refractivity contribution >= 4 is 6.16 Å². The Morgan fingerprint density at radius 3 is 1.04 bits per heavy atom. The molecule has 0 aliphatic rings. The first-order chi connectivity index (χ1) is 12.8. The molecule has 0 aromatic heterocycles. The molecule has 0 N–H and O–H groups in total. The summed E-state index contributed by atoms with van der Waals surface area (Å²) in [5.41, 5.74) is 0. The van der Waals surface area contributed by atoms with Crippen LogP contribution >= 0.6 is 0 Å². The minimum absolute atomic E-state index is 0.487. The van der Waals surface area contributed by atoms with E-state index in [0.717, 1.165) is 25.7 Å². The predicted octanol–water partition coefficient (Wildman–Crippen LogP) is 8.20. The minimum Gasteiger partial charge on any atom is -0.434 e. The van der Waals surface area contributed by atoms with Crippen LogP contribution in [0.4, 0.5) is 4.79 Å². The molecule has 0 spiro atoms. The summed E-state index contributed by atoms with van der Waals surface area (Å²) < 4.78 is 10.2. The Hall–Kier alpha value is -0.730. The summed E-state index contributed by atoms with van der Waals surface area (Å²) in [7, 11) is 0. The molecule has 0 aliphatic carbocycles. The summed E-state index contributed by atoms with van der Waals surface area (Å²) in [6.07, 6.45) is 22.6.